The standard InChI is InChI=1S/C10H10N2O/c11-5-3-7-8(4-6-12)10-2-1-9(7)13-10/h1-2,7-10H,3-4H2/t7-,8+,9-,10+. The van der Waals surface area contributed by atoms with E-state index >= 15 is 0 Å². The van der Waals surface area contributed by atoms with Crippen LogP contribution in [0.3, 0.4) is 0 Å². The van der Waals surface area contributed by atoms with Crippen LogP contribution in [0.1, 0.15) is 12.8 Å². The van der Waals surface area contributed by atoms with Crippen LogP contribution in [-0.2, 0) is 4.74 Å². The molecular weight excluding hydrogens is 164 g/mol. The highest BCUT2D eigenvalue weighted by atomic mass is 16.5. The second-order valence-electron chi connectivity index (χ2n) is 3.50. The van der Waals surface area contributed by atoms with Crippen molar-refractivity contribution in [1.82, 2.24) is 0 Å². The van der Waals surface area contributed by atoms with E-state index in [1.165, 1.54) is 0 Å². The van der Waals surface area contributed by atoms with Gasteiger partial charge in [-0.25, -0.2) is 0 Å². The van der Waals surface area contributed by atoms with Crippen LogP contribution >= 0.6 is 0 Å². The summed E-state index contributed by atoms with van der Waals surface area (Å²) in [4.78, 5) is 0. The highest BCUT2D eigenvalue weighted by molar-refractivity contribution is 5.16. The molecule has 13 heavy (non-hydrogen) atoms. The maximum Gasteiger partial charge on any atom is 0.0807 e. The molecule has 0 saturated carbocycles. The van der Waals surface area contributed by atoms with Crippen LogP contribution in [0.4, 0.5) is 0 Å². The van der Waals surface area contributed by atoms with Gasteiger partial charge in [-0.1, -0.05) is 12.2 Å². The molecule has 0 spiro atoms. The van der Waals surface area contributed by atoms with E-state index in [0.717, 1.165) is 0 Å². The number of ether oxygens (including phenoxy) is 1. The molecule has 0 N–H and O–H groups in total. The maximum absolute atomic E-state index is 8.63. The minimum atomic E-state index is 0.0861. The molecule has 0 unspecified atom stereocenters. The summed E-state index contributed by atoms with van der Waals surface area (Å²) in [5, 5.41) is 17.3. The van der Waals surface area contributed by atoms with E-state index in [9.17, 15) is 0 Å². The minimum absolute atomic E-state index is 0.0861. The lowest BCUT2D eigenvalue weighted by Crippen LogP contribution is -2.23. The molecule has 0 radical (unpaired) electrons. The Labute approximate surface area is 77.2 Å². The van der Waals surface area contributed by atoms with Crippen LogP contribution in [0.15, 0.2) is 12.2 Å². The van der Waals surface area contributed by atoms with Gasteiger partial charge in [0.1, 0.15) is 0 Å². The number of fused-ring (bicyclic) bond motifs is 2. The third-order valence-corrected chi connectivity index (χ3v) is 2.85. The van der Waals surface area contributed by atoms with Gasteiger partial charge in [-0.05, 0) is 0 Å². The fourth-order valence-corrected chi connectivity index (χ4v) is 2.21. The zero-order valence-electron chi connectivity index (χ0n) is 7.18. The third-order valence-electron chi connectivity index (χ3n) is 2.85. The molecular formula is C10H10N2O. The number of hydrogen-bond donors (Lipinski definition) is 0. The Hall–Kier alpha value is -1.32. The van der Waals surface area contributed by atoms with Crippen molar-refractivity contribution in [2.75, 3.05) is 0 Å². The van der Waals surface area contributed by atoms with E-state index in [2.05, 4.69) is 12.1 Å². The normalized spacial score (nSPS) is 40.2. The molecule has 0 aromatic rings. The summed E-state index contributed by atoms with van der Waals surface area (Å²) in [5.41, 5.74) is 0. The van der Waals surface area contributed by atoms with Crippen LogP contribution < -0.4 is 0 Å². The Morgan fingerprint density at radius 2 is 1.46 bits per heavy atom. The van der Waals surface area contributed by atoms with Crippen molar-refractivity contribution in [3.63, 3.8) is 0 Å². The van der Waals surface area contributed by atoms with E-state index in [-0.39, 0.29) is 24.0 Å². The summed E-state index contributed by atoms with van der Waals surface area (Å²) in [6.45, 7) is 0. The topological polar surface area (TPSA) is 56.8 Å². The summed E-state index contributed by atoms with van der Waals surface area (Å²) in [5.74, 6) is 0.472. The summed E-state index contributed by atoms with van der Waals surface area (Å²) in [6.07, 6.45) is 5.20. The van der Waals surface area contributed by atoms with Gasteiger partial charge in [0.2, 0.25) is 0 Å². The minimum Gasteiger partial charge on any atom is -0.366 e. The molecule has 2 bridgehead atoms. The number of nitriles is 2. The predicted molar refractivity (Wildman–Crippen MR) is 45.2 cm³/mol. The Morgan fingerprint density at radius 1 is 1.00 bits per heavy atom. The molecule has 0 aromatic carbocycles. The first-order chi connectivity index (χ1) is 6.36. The van der Waals surface area contributed by atoms with Crippen molar-refractivity contribution in [3.8, 4) is 12.1 Å². The number of nitrogens with zero attached hydrogens (tertiary/aromatic N) is 2. The largest absolute Gasteiger partial charge is 0.366 e. The smallest absolute Gasteiger partial charge is 0.0807 e. The van der Waals surface area contributed by atoms with Crippen molar-refractivity contribution in [2.24, 2.45) is 11.8 Å². The Morgan fingerprint density at radius 3 is 1.85 bits per heavy atom. The number of rotatable bonds is 2. The van der Waals surface area contributed by atoms with Crippen molar-refractivity contribution in [1.29, 1.82) is 10.5 Å². The van der Waals surface area contributed by atoms with Crippen LogP contribution in [0, 0.1) is 34.5 Å². The lowest BCUT2D eigenvalue weighted by molar-refractivity contribution is 0.103. The fourth-order valence-electron chi connectivity index (χ4n) is 2.21. The second-order valence-corrected chi connectivity index (χ2v) is 3.50. The van der Waals surface area contributed by atoms with E-state index in [1.807, 2.05) is 12.2 Å². The van der Waals surface area contributed by atoms with Crippen molar-refractivity contribution in [2.45, 2.75) is 25.0 Å². The first-order valence-electron chi connectivity index (χ1n) is 4.44. The van der Waals surface area contributed by atoms with Gasteiger partial charge in [0.15, 0.2) is 0 Å². The van der Waals surface area contributed by atoms with E-state index in [4.69, 9.17) is 15.3 Å². The molecule has 1 fully saturated rings. The molecule has 2 heterocycles. The Kier molecular flexibility index (Phi) is 2.04. The molecule has 0 aliphatic carbocycles. The zero-order chi connectivity index (χ0) is 9.26. The highest BCUT2D eigenvalue weighted by Crippen LogP contribution is 2.42. The first-order valence-corrected chi connectivity index (χ1v) is 4.44. The summed E-state index contributed by atoms with van der Waals surface area (Å²) in [6, 6.07) is 4.32. The van der Waals surface area contributed by atoms with Gasteiger partial charge in [-0.3, -0.25) is 0 Å². The van der Waals surface area contributed by atoms with Gasteiger partial charge in [-0.2, -0.15) is 10.5 Å². The maximum atomic E-state index is 8.63. The first kappa shape index (κ1) is 8.29. The Balaban J connectivity index is 2.13. The lowest BCUT2D eigenvalue weighted by atomic mass is 9.80. The molecule has 1 saturated heterocycles. The summed E-state index contributed by atoms with van der Waals surface area (Å²) in [7, 11) is 0. The second kappa shape index (κ2) is 3.20. The molecule has 0 amide bonds. The molecule has 66 valence electrons. The fraction of sp³-hybridized carbons (Fsp3) is 0.600. The summed E-state index contributed by atoms with van der Waals surface area (Å²) >= 11 is 0. The quantitative estimate of drug-likeness (QED) is 0.594. The zero-order valence-corrected chi connectivity index (χ0v) is 7.18. The SMILES string of the molecule is N#CC[C@@H]1[C@H](CC#N)[C@@H]2C=C[C@H]1O2. The van der Waals surface area contributed by atoms with E-state index in [0.29, 0.717) is 12.8 Å². The van der Waals surface area contributed by atoms with Crippen LogP contribution in [0.5, 0.6) is 0 Å². The van der Waals surface area contributed by atoms with E-state index < -0.39 is 0 Å². The molecule has 3 heteroatoms. The van der Waals surface area contributed by atoms with Gasteiger partial charge in [0.25, 0.3) is 0 Å². The Bertz CT molecular complexity index is 280. The third kappa shape index (κ3) is 1.22. The molecule has 3 nitrogen and oxygen atoms in total. The van der Waals surface area contributed by atoms with Crippen LogP contribution in [-0.4, -0.2) is 12.2 Å². The van der Waals surface area contributed by atoms with Gasteiger partial charge >= 0.3 is 0 Å². The molecule has 0 aromatic heterocycles. The molecule has 2 aliphatic heterocycles. The predicted octanol–water partition coefficient (Wildman–Crippen LogP) is 1.38. The van der Waals surface area contributed by atoms with Gasteiger partial charge in [0, 0.05) is 24.7 Å². The average Bonchev–Trinajstić information content (AvgIpc) is 2.69. The summed E-state index contributed by atoms with van der Waals surface area (Å²) < 4.78 is 5.59. The average molecular weight is 174 g/mol. The van der Waals surface area contributed by atoms with Crippen molar-refractivity contribution >= 4 is 0 Å². The molecule has 2 rings (SSSR count). The van der Waals surface area contributed by atoms with E-state index in [1.54, 1.807) is 0 Å². The van der Waals surface area contributed by atoms with Gasteiger partial charge in [-0.15, -0.1) is 0 Å². The van der Waals surface area contributed by atoms with Gasteiger partial charge < -0.3 is 4.74 Å². The van der Waals surface area contributed by atoms with Crippen LogP contribution in [0.2, 0.25) is 0 Å². The van der Waals surface area contributed by atoms with Crippen LogP contribution in [0.25, 0.3) is 0 Å². The number of hydrogen-bond acceptors (Lipinski definition) is 3. The van der Waals surface area contributed by atoms with Crippen molar-refractivity contribution < 1.29 is 4.74 Å². The molecule has 2 aliphatic rings. The lowest BCUT2D eigenvalue weighted by Gasteiger charge is -2.19. The highest BCUT2D eigenvalue weighted by Gasteiger charge is 2.45. The molecule has 4 atom stereocenters. The monoisotopic (exact) mass is 174 g/mol. The van der Waals surface area contributed by atoms with Crippen molar-refractivity contribution in [3.05, 3.63) is 12.2 Å². The van der Waals surface area contributed by atoms with Gasteiger partial charge in [0.05, 0.1) is 24.3 Å².